The van der Waals surface area contributed by atoms with Crippen molar-refractivity contribution in [2.75, 3.05) is 25.0 Å². The molecular weight excluding hydrogens is 524 g/mol. The Morgan fingerprint density at radius 2 is 1.66 bits per heavy atom. The normalized spacial score (nSPS) is 15.5. The van der Waals surface area contributed by atoms with Crippen molar-refractivity contribution in [1.82, 2.24) is 16.0 Å². The number of benzene rings is 2. The Morgan fingerprint density at radius 3 is 2.22 bits per heavy atom. The molecule has 2 aromatic carbocycles. The molecule has 1 heterocycles. The van der Waals surface area contributed by atoms with E-state index in [4.69, 9.17) is 15.2 Å². The van der Waals surface area contributed by atoms with Crippen LogP contribution in [0.3, 0.4) is 0 Å². The first-order chi connectivity index (χ1) is 19.3. The lowest BCUT2D eigenvalue weighted by molar-refractivity contribution is -0.164. The predicted molar refractivity (Wildman–Crippen MR) is 155 cm³/mol. The number of carbonyl (C=O) groups is 4. The van der Waals surface area contributed by atoms with Crippen LogP contribution in [0.5, 0.6) is 0 Å². The van der Waals surface area contributed by atoms with Gasteiger partial charge in [-0.15, -0.1) is 0 Å². The summed E-state index contributed by atoms with van der Waals surface area (Å²) < 4.78 is 11.1. The Balaban J connectivity index is 1.72. The Labute approximate surface area is 241 Å². The molecule has 3 rings (SSSR count). The average molecular weight is 566 g/mol. The van der Waals surface area contributed by atoms with Gasteiger partial charge in [-0.3, -0.25) is 25.4 Å². The number of likely N-dealkylation sites (tertiary alicyclic amines) is 1. The predicted octanol–water partition coefficient (Wildman–Crippen LogP) is 4.02. The molecule has 0 spiro atoms. The van der Waals surface area contributed by atoms with Crippen molar-refractivity contribution in [1.29, 1.82) is 0 Å². The van der Waals surface area contributed by atoms with E-state index in [1.807, 2.05) is 50.2 Å². The molecule has 2 aromatic rings. The van der Waals surface area contributed by atoms with Crippen LogP contribution in [0.1, 0.15) is 57.2 Å². The molecule has 10 heteroatoms. The second kappa shape index (κ2) is 13.6. The minimum Gasteiger partial charge on any atom is -0.448 e. The number of aryl methyl sites for hydroxylation is 2. The Bertz CT molecular complexity index is 1230. The van der Waals surface area contributed by atoms with Crippen LogP contribution >= 0.6 is 0 Å². The molecule has 1 saturated heterocycles. The molecule has 0 aromatic heterocycles. The first-order valence-electron chi connectivity index (χ1n) is 13.9. The van der Waals surface area contributed by atoms with E-state index in [-0.39, 0.29) is 38.4 Å². The summed E-state index contributed by atoms with van der Waals surface area (Å²) in [4.78, 5) is 52.8. The number of anilines is 1. The summed E-state index contributed by atoms with van der Waals surface area (Å²) in [5.74, 6) is -2.01. The summed E-state index contributed by atoms with van der Waals surface area (Å²) >= 11 is 0. The van der Waals surface area contributed by atoms with E-state index < -0.39 is 35.0 Å². The number of ether oxygens (including phenoxy) is 2. The molecule has 0 saturated carbocycles. The van der Waals surface area contributed by atoms with Crippen molar-refractivity contribution in [2.45, 2.75) is 72.1 Å². The standard InChI is InChI=1S/C31H41N4O6/c1-6-22-11-13-24(14-12-22)34-29(39)40-20-31(28(38)33-19-23-10-8-7-9-21(23)2)15-17-35(18-16-31)27(37)25(26(32)36)41-30(3,4)5/h7-14,25,32H,6,15-20H2,1-5H3,(H,33,38)(H,34,39). The maximum atomic E-state index is 13.6. The minimum absolute atomic E-state index is 0.136. The van der Waals surface area contributed by atoms with Gasteiger partial charge in [0.05, 0.1) is 11.0 Å². The molecule has 10 nitrogen and oxygen atoms in total. The van der Waals surface area contributed by atoms with Crippen LogP contribution in [0.4, 0.5) is 10.5 Å². The number of hydrogen-bond acceptors (Lipinski definition) is 6. The highest BCUT2D eigenvalue weighted by Gasteiger charge is 2.45. The van der Waals surface area contributed by atoms with Gasteiger partial charge < -0.3 is 19.7 Å². The molecule has 1 aliphatic heterocycles. The van der Waals surface area contributed by atoms with E-state index in [0.717, 1.165) is 23.1 Å². The SMILES string of the molecule is CCc1ccc(NC(=O)OCC2(C(=O)NCc3ccccc3C)CCN(C(=O)C(OC(C)(C)C)C([NH])=O)CC2)cc1. The van der Waals surface area contributed by atoms with Gasteiger partial charge in [0.15, 0.2) is 0 Å². The summed E-state index contributed by atoms with van der Waals surface area (Å²) in [6.07, 6.45) is -0.948. The highest BCUT2D eigenvalue weighted by molar-refractivity contribution is 6.02. The summed E-state index contributed by atoms with van der Waals surface area (Å²) in [5.41, 5.74) is 9.38. The van der Waals surface area contributed by atoms with Crippen LogP contribution in [-0.4, -0.2) is 60.1 Å². The first kappa shape index (κ1) is 31.6. The fourth-order valence-electron chi connectivity index (χ4n) is 4.68. The third-order valence-corrected chi connectivity index (χ3v) is 7.24. The molecule has 1 aliphatic rings. The van der Waals surface area contributed by atoms with Crippen molar-refractivity contribution in [3.05, 3.63) is 65.2 Å². The van der Waals surface area contributed by atoms with Gasteiger partial charge in [0.2, 0.25) is 12.0 Å². The second-order valence-electron chi connectivity index (χ2n) is 11.4. The number of amides is 4. The zero-order valence-corrected chi connectivity index (χ0v) is 24.5. The Morgan fingerprint density at radius 1 is 1.02 bits per heavy atom. The molecule has 4 amide bonds. The van der Waals surface area contributed by atoms with E-state index in [1.165, 1.54) is 4.90 Å². The monoisotopic (exact) mass is 565 g/mol. The van der Waals surface area contributed by atoms with Crippen LogP contribution in [-0.2, 0) is 36.8 Å². The van der Waals surface area contributed by atoms with E-state index in [9.17, 15) is 19.2 Å². The van der Waals surface area contributed by atoms with Crippen molar-refractivity contribution >= 4 is 29.5 Å². The van der Waals surface area contributed by atoms with Crippen molar-refractivity contribution < 1.29 is 28.7 Å². The Hall–Kier alpha value is -3.92. The molecule has 1 atom stereocenters. The minimum atomic E-state index is -1.54. The zero-order valence-electron chi connectivity index (χ0n) is 24.5. The summed E-state index contributed by atoms with van der Waals surface area (Å²) in [5, 5.41) is 5.69. The van der Waals surface area contributed by atoms with Crippen molar-refractivity contribution in [3.63, 3.8) is 0 Å². The fourth-order valence-corrected chi connectivity index (χ4v) is 4.68. The maximum Gasteiger partial charge on any atom is 0.411 e. The quantitative estimate of drug-likeness (QED) is 0.417. The second-order valence-corrected chi connectivity index (χ2v) is 11.4. The van der Waals surface area contributed by atoms with Gasteiger partial charge in [-0.05, 0) is 75.8 Å². The number of nitrogens with one attached hydrogen (secondary N) is 3. The van der Waals surface area contributed by atoms with Gasteiger partial charge in [-0.25, -0.2) is 4.79 Å². The lowest BCUT2D eigenvalue weighted by Crippen LogP contribution is -2.55. The number of hydrogen-bond donors (Lipinski definition) is 2. The van der Waals surface area contributed by atoms with Gasteiger partial charge in [0, 0.05) is 25.3 Å². The maximum absolute atomic E-state index is 13.6. The van der Waals surface area contributed by atoms with E-state index in [2.05, 4.69) is 10.6 Å². The molecule has 1 radical (unpaired) electrons. The molecule has 0 aliphatic carbocycles. The molecule has 3 N–H and O–H groups in total. The van der Waals surface area contributed by atoms with Gasteiger partial charge in [-0.1, -0.05) is 43.3 Å². The summed E-state index contributed by atoms with van der Waals surface area (Å²) in [6.45, 7) is 9.51. The first-order valence-corrected chi connectivity index (χ1v) is 13.9. The third-order valence-electron chi connectivity index (χ3n) is 7.24. The molecular formula is C31H41N4O6. The number of carbonyl (C=O) groups excluding carboxylic acids is 4. The highest BCUT2D eigenvalue weighted by Crippen LogP contribution is 2.33. The van der Waals surface area contributed by atoms with Crippen LogP contribution in [0.15, 0.2) is 48.5 Å². The summed E-state index contributed by atoms with van der Waals surface area (Å²) in [7, 11) is 0. The van der Waals surface area contributed by atoms with Crippen LogP contribution < -0.4 is 16.4 Å². The largest absolute Gasteiger partial charge is 0.448 e. The van der Waals surface area contributed by atoms with Gasteiger partial charge in [-0.2, -0.15) is 0 Å². The Kier molecular flexibility index (Phi) is 10.5. The lowest BCUT2D eigenvalue weighted by atomic mass is 9.78. The summed E-state index contributed by atoms with van der Waals surface area (Å²) in [6, 6.07) is 15.1. The lowest BCUT2D eigenvalue weighted by Gasteiger charge is -2.41. The third kappa shape index (κ3) is 8.78. The molecule has 41 heavy (non-hydrogen) atoms. The molecule has 0 bridgehead atoms. The van der Waals surface area contributed by atoms with Crippen LogP contribution in [0.2, 0.25) is 0 Å². The van der Waals surface area contributed by atoms with E-state index in [1.54, 1.807) is 32.9 Å². The smallest absolute Gasteiger partial charge is 0.411 e. The topological polar surface area (TPSA) is 138 Å². The number of piperidine rings is 1. The van der Waals surface area contributed by atoms with Gasteiger partial charge >= 0.3 is 6.09 Å². The number of nitrogens with zero attached hydrogens (tertiary/aromatic N) is 1. The van der Waals surface area contributed by atoms with Crippen molar-refractivity contribution in [3.8, 4) is 0 Å². The zero-order chi connectivity index (χ0) is 30.2. The van der Waals surface area contributed by atoms with E-state index in [0.29, 0.717) is 12.2 Å². The van der Waals surface area contributed by atoms with Gasteiger partial charge in [0.1, 0.15) is 6.61 Å². The van der Waals surface area contributed by atoms with Crippen molar-refractivity contribution in [2.24, 2.45) is 5.41 Å². The molecule has 1 unspecified atom stereocenters. The average Bonchev–Trinajstić information content (AvgIpc) is 2.94. The molecule has 1 fully saturated rings. The number of rotatable bonds is 10. The highest BCUT2D eigenvalue weighted by atomic mass is 16.5. The van der Waals surface area contributed by atoms with Crippen LogP contribution in [0, 0.1) is 12.3 Å². The van der Waals surface area contributed by atoms with Gasteiger partial charge in [0.25, 0.3) is 11.8 Å². The fraction of sp³-hybridized carbons (Fsp3) is 0.484. The van der Waals surface area contributed by atoms with E-state index >= 15 is 0 Å². The molecule has 221 valence electrons. The van der Waals surface area contributed by atoms with Crippen LogP contribution in [0.25, 0.3) is 0 Å².